The number of ether oxygens (including phenoxy) is 1. The Balaban J connectivity index is 1.58. The van der Waals surface area contributed by atoms with E-state index in [0.29, 0.717) is 11.3 Å². The third kappa shape index (κ3) is 4.57. The number of amides is 1. The summed E-state index contributed by atoms with van der Waals surface area (Å²) in [4.78, 5) is 28.6. The number of hydrogen-bond acceptors (Lipinski definition) is 4. The van der Waals surface area contributed by atoms with Crippen LogP contribution < -0.4 is 5.43 Å². The van der Waals surface area contributed by atoms with Crippen LogP contribution >= 0.6 is 0 Å². The van der Waals surface area contributed by atoms with Gasteiger partial charge in [0, 0.05) is 16.6 Å². The highest BCUT2D eigenvalue weighted by Crippen LogP contribution is 2.31. The van der Waals surface area contributed by atoms with Gasteiger partial charge in [-0.1, -0.05) is 48.5 Å². The van der Waals surface area contributed by atoms with Gasteiger partial charge in [-0.3, -0.25) is 4.79 Å². The molecule has 4 aromatic rings. The van der Waals surface area contributed by atoms with Gasteiger partial charge in [0.25, 0.3) is 5.91 Å². The van der Waals surface area contributed by atoms with Crippen LogP contribution in [0, 0.1) is 13.8 Å². The molecule has 0 unspecified atom stereocenters. The fourth-order valence-electron chi connectivity index (χ4n) is 4.08. The molecule has 0 bridgehead atoms. The summed E-state index contributed by atoms with van der Waals surface area (Å²) in [6.07, 6.45) is 1.58. The summed E-state index contributed by atoms with van der Waals surface area (Å²) < 4.78 is 7.10. The van der Waals surface area contributed by atoms with Crippen LogP contribution in [-0.4, -0.2) is 34.2 Å². The van der Waals surface area contributed by atoms with Crippen LogP contribution in [0.1, 0.15) is 34.2 Å². The number of nitrogens with zero attached hydrogens (tertiary/aromatic N) is 2. The minimum Gasteiger partial charge on any atom is -0.462 e. The minimum absolute atomic E-state index is 0.0142. The molecule has 2 N–H and O–H groups in total. The van der Waals surface area contributed by atoms with E-state index in [4.69, 9.17) is 4.74 Å². The van der Waals surface area contributed by atoms with E-state index in [1.807, 2.05) is 79.1 Å². The lowest BCUT2D eigenvalue weighted by Crippen LogP contribution is -2.24. The molecular weight excluding hydrogens is 416 g/mol. The Labute approximate surface area is 192 Å². The number of hydrazone groups is 1. The molecule has 2 heterocycles. The van der Waals surface area contributed by atoms with Crippen LogP contribution in [-0.2, 0) is 16.1 Å². The number of carbonyl (C=O) groups excluding carboxylic acids is 2. The van der Waals surface area contributed by atoms with Crippen LogP contribution in [0.4, 0.5) is 0 Å². The fraction of sp³-hybridized carbons (Fsp3) is 0.192. The maximum Gasteiger partial charge on any atom is 0.340 e. The van der Waals surface area contributed by atoms with Crippen molar-refractivity contribution in [2.24, 2.45) is 5.10 Å². The first kappa shape index (κ1) is 22.1. The summed E-state index contributed by atoms with van der Waals surface area (Å²) in [6, 6.07) is 19.6. The highest BCUT2D eigenvalue weighted by Gasteiger charge is 2.25. The second kappa shape index (κ2) is 9.56. The van der Waals surface area contributed by atoms with Crippen molar-refractivity contribution in [1.82, 2.24) is 15.0 Å². The summed E-state index contributed by atoms with van der Waals surface area (Å²) in [7, 11) is 0. The van der Waals surface area contributed by atoms with Gasteiger partial charge in [0.15, 0.2) is 0 Å². The second-order valence-corrected chi connectivity index (χ2v) is 7.71. The van der Waals surface area contributed by atoms with Gasteiger partial charge in [0.05, 0.1) is 29.8 Å². The molecule has 2 aromatic carbocycles. The van der Waals surface area contributed by atoms with Crippen LogP contribution in [0.3, 0.4) is 0 Å². The number of benzene rings is 2. The third-order valence-electron chi connectivity index (χ3n) is 5.54. The molecule has 0 atom stereocenters. The molecule has 4 rings (SSSR count). The molecule has 1 amide bonds. The quantitative estimate of drug-likeness (QED) is 0.249. The molecule has 0 radical (unpaired) electrons. The standard InChI is InChI=1S/C26H26N4O3/c1-4-33-26(32)24-17(2)25(19-10-6-5-7-11-19)30(18(24)3)16-23(31)29-27-15-21-14-20-12-8-9-13-22(20)28-21/h5-15,28H,4,16H2,1-3H3,(H,29,31)/b27-15+. The van der Waals surface area contributed by atoms with E-state index in [-0.39, 0.29) is 25.0 Å². The van der Waals surface area contributed by atoms with Crippen molar-refractivity contribution >= 4 is 29.0 Å². The fourth-order valence-corrected chi connectivity index (χ4v) is 4.08. The van der Waals surface area contributed by atoms with Gasteiger partial charge in [-0.2, -0.15) is 5.10 Å². The predicted octanol–water partition coefficient (Wildman–Crippen LogP) is 4.58. The average Bonchev–Trinajstić information content (AvgIpc) is 3.32. The van der Waals surface area contributed by atoms with Crippen molar-refractivity contribution in [3.05, 3.63) is 83.2 Å². The van der Waals surface area contributed by atoms with Gasteiger partial charge >= 0.3 is 5.97 Å². The molecule has 33 heavy (non-hydrogen) atoms. The third-order valence-corrected chi connectivity index (χ3v) is 5.54. The first-order chi connectivity index (χ1) is 16.0. The SMILES string of the molecule is CCOC(=O)c1c(C)c(-c2ccccc2)n(CC(=O)N/N=C/c2cc3ccccc3[nH]2)c1C. The second-order valence-electron chi connectivity index (χ2n) is 7.71. The van der Waals surface area contributed by atoms with Crippen molar-refractivity contribution in [1.29, 1.82) is 0 Å². The Hall–Kier alpha value is -4.13. The van der Waals surface area contributed by atoms with Gasteiger partial charge in [-0.15, -0.1) is 0 Å². The normalized spacial score (nSPS) is 11.2. The molecule has 0 aliphatic carbocycles. The zero-order valence-electron chi connectivity index (χ0n) is 18.9. The molecule has 0 saturated carbocycles. The Morgan fingerprint density at radius 1 is 1.09 bits per heavy atom. The van der Waals surface area contributed by atoms with E-state index < -0.39 is 0 Å². The van der Waals surface area contributed by atoms with Crippen molar-refractivity contribution in [3.8, 4) is 11.3 Å². The topological polar surface area (TPSA) is 88.5 Å². The molecule has 2 aromatic heterocycles. The van der Waals surface area contributed by atoms with Gasteiger partial charge in [0.1, 0.15) is 6.54 Å². The molecule has 7 nitrogen and oxygen atoms in total. The Morgan fingerprint density at radius 2 is 1.82 bits per heavy atom. The number of fused-ring (bicyclic) bond motifs is 1. The smallest absolute Gasteiger partial charge is 0.340 e. The number of carbonyl (C=O) groups is 2. The zero-order valence-corrected chi connectivity index (χ0v) is 18.9. The monoisotopic (exact) mass is 442 g/mol. The molecule has 0 aliphatic heterocycles. The lowest BCUT2D eigenvalue weighted by molar-refractivity contribution is -0.121. The molecule has 0 fully saturated rings. The number of aromatic nitrogens is 2. The Morgan fingerprint density at radius 3 is 2.55 bits per heavy atom. The molecular formula is C26H26N4O3. The number of H-pyrrole nitrogens is 1. The van der Waals surface area contributed by atoms with E-state index in [2.05, 4.69) is 15.5 Å². The zero-order chi connectivity index (χ0) is 23.4. The molecule has 168 valence electrons. The van der Waals surface area contributed by atoms with Gasteiger partial charge in [0.2, 0.25) is 0 Å². The summed E-state index contributed by atoms with van der Waals surface area (Å²) in [6.45, 7) is 5.78. The number of para-hydroxylation sites is 1. The van der Waals surface area contributed by atoms with Crippen molar-refractivity contribution < 1.29 is 14.3 Å². The largest absolute Gasteiger partial charge is 0.462 e. The molecule has 7 heteroatoms. The summed E-state index contributed by atoms with van der Waals surface area (Å²) >= 11 is 0. The van der Waals surface area contributed by atoms with Gasteiger partial charge < -0.3 is 14.3 Å². The number of hydrogen-bond donors (Lipinski definition) is 2. The van der Waals surface area contributed by atoms with E-state index in [0.717, 1.165) is 33.4 Å². The average molecular weight is 443 g/mol. The molecule has 0 aliphatic rings. The van der Waals surface area contributed by atoms with Crippen LogP contribution in [0.5, 0.6) is 0 Å². The maximum atomic E-state index is 12.8. The minimum atomic E-state index is -0.388. The van der Waals surface area contributed by atoms with Gasteiger partial charge in [-0.05, 0) is 44.0 Å². The van der Waals surface area contributed by atoms with E-state index in [1.54, 1.807) is 13.1 Å². The van der Waals surface area contributed by atoms with Crippen LogP contribution in [0.2, 0.25) is 0 Å². The van der Waals surface area contributed by atoms with E-state index in [9.17, 15) is 9.59 Å². The lowest BCUT2D eigenvalue weighted by atomic mass is 10.1. The number of nitrogens with one attached hydrogen (secondary N) is 2. The van der Waals surface area contributed by atoms with E-state index >= 15 is 0 Å². The number of rotatable bonds is 7. The first-order valence-electron chi connectivity index (χ1n) is 10.8. The predicted molar refractivity (Wildman–Crippen MR) is 129 cm³/mol. The lowest BCUT2D eigenvalue weighted by Gasteiger charge is -2.11. The Kier molecular flexibility index (Phi) is 6.40. The summed E-state index contributed by atoms with van der Waals surface area (Å²) in [5.41, 5.74) is 8.07. The highest BCUT2D eigenvalue weighted by molar-refractivity contribution is 5.96. The number of aromatic amines is 1. The molecule has 0 spiro atoms. The Bertz CT molecular complexity index is 1300. The van der Waals surface area contributed by atoms with Crippen LogP contribution in [0.15, 0.2) is 65.8 Å². The number of esters is 1. The summed E-state index contributed by atoms with van der Waals surface area (Å²) in [5.74, 6) is -0.686. The van der Waals surface area contributed by atoms with E-state index in [1.165, 1.54) is 0 Å². The van der Waals surface area contributed by atoms with Crippen molar-refractivity contribution in [2.45, 2.75) is 27.3 Å². The maximum absolute atomic E-state index is 12.8. The van der Waals surface area contributed by atoms with Crippen LogP contribution in [0.25, 0.3) is 22.2 Å². The first-order valence-corrected chi connectivity index (χ1v) is 10.8. The summed E-state index contributed by atoms with van der Waals surface area (Å²) in [5, 5.41) is 5.17. The highest BCUT2D eigenvalue weighted by atomic mass is 16.5. The molecule has 0 saturated heterocycles. The van der Waals surface area contributed by atoms with Crippen molar-refractivity contribution in [2.75, 3.05) is 6.61 Å². The van der Waals surface area contributed by atoms with Gasteiger partial charge in [-0.25, -0.2) is 10.2 Å². The van der Waals surface area contributed by atoms with Crippen molar-refractivity contribution in [3.63, 3.8) is 0 Å².